The highest BCUT2D eigenvalue weighted by Gasteiger charge is 2.34. The number of carbonyl (C=O) groups excluding carboxylic acids is 1. The van der Waals surface area contributed by atoms with Gasteiger partial charge in [-0.1, -0.05) is 13.8 Å². The number of hydrogen-bond donors (Lipinski definition) is 1. The third kappa shape index (κ3) is 2.20. The molecule has 0 aromatic rings. The monoisotopic (exact) mass is 183 g/mol. The van der Waals surface area contributed by atoms with Crippen LogP contribution in [-0.4, -0.2) is 30.7 Å². The van der Waals surface area contributed by atoms with Gasteiger partial charge in [0.2, 0.25) is 0 Å². The van der Waals surface area contributed by atoms with Gasteiger partial charge >= 0.3 is 6.03 Å². The molecule has 4 heteroatoms. The maximum absolute atomic E-state index is 11.1. The SMILES string of the molecule is CN(C)C(=O)N/N=C1/CCC1(C)C. The van der Waals surface area contributed by atoms with E-state index in [1.165, 1.54) is 4.90 Å². The highest BCUT2D eigenvalue weighted by atomic mass is 16.2. The number of hydrogen-bond acceptors (Lipinski definition) is 2. The van der Waals surface area contributed by atoms with Gasteiger partial charge in [-0.05, 0) is 12.8 Å². The van der Waals surface area contributed by atoms with E-state index in [9.17, 15) is 4.79 Å². The first-order valence-corrected chi connectivity index (χ1v) is 4.48. The molecule has 0 unspecified atom stereocenters. The summed E-state index contributed by atoms with van der Waals surface area (Å²) in [6, 6.07) is -0.171. The number of carbonyl (C=O) groups is 1. The summed E-state index contributed by atoms with van der Waals surface area (Å²) < 4.78 is 0. The first-order chi connectivity index (χ1) is 5.93. The summed E-state index contributed by atoms with van der Waals surface area (Å²) in [5.74, 6) is 0. The molecular formula is C9H17N3O. The van der Waals surface area contributed by atoms with Crippen molar-refractivity contribution in [3.05, 3.63) is 0 Å². The quantitative estimate of drug-likeness (QED) is 0.614. The van der Waals surface area contributed by atoms with Crippen molar-refractivity contribution in [2.75, 3.05) is 14.1 Å². The summed E-state index contributed by atoms with van der Waals surface area (Å²) in [6.07, 6.45) is 2.16. The molecule has 0 aromatic carbocycles. The molecule has 1 aliphatic rings. The van der Waals surface area contributed by atoms with Crippen LogP contribution in [0.5, 0.6) is 0 Å². The Morgan fingerprint density at radius 1 is 1.54 bits per heavy atom. The van der Waals surface area contributed by atoms with Gasteiger partial charge in [0, 0.05) is 25.2 Å². The molecule has 1 saturated carbocycles. The first-order valence-electron chi connectivity index (χ1n) is 4.48. The lowest BCUT2D eigenvalue weighted by molar-refractivity contribution is 0.217. The highest BCUT2D eigenvalue weighted by molar-refractivity contribution is 5.95. The summed E-state index contributed by atoms with van der Waals surface area (Å²) in [5, 5.41) is 4.08. The van der Waals surface area contributed by atoms with Gasteiger partial charge in [-0.2, -0.15) is 5.10 Å². The molecule has 1 N–H and O–H groups in total. The van der Waals surface area contributed by atoms with Crippen LogP contribution < -0.4 is 5.43 Å². The number of rotatable bonds is 1. The Morgan fingerprint density at radius 3 is 2.46 bits per heavy atom. The second-order valence-corrected chi connectivity index (χ2v) is 4.25. The first kappa shape index (κ1) is 10.0. The number of urea groups is 1. The van der Waals surface area contributed by atoms with Crippen molar-refractivity contribution >= 4 is 11.7 Å². The largest absolute Gasteiger partial charge is 0.337 e. The molecule has 0 radical (unpaired) electrons. The van der Waals surface area contributed by atoms with Crippen molar-refractivity contribution in [2.45, 2.75) is 26.7 Å². The Balaban J connectivity index is 2.45. The van der Waals surface area contributed by atoms with E-state index in [-0.39, 0.29) is 11.4 Å². The van der Waals surface area contributed by atoms with Crippen LogP contribution in [0.4, 0.5) is 4.79 Å². The van der Waals surface area contributed by atoms with Gasteiger partial charge in [0.1, 0.15) is 0 Å². The van der Waals surface area contributed by atoms with E-state index < -0.39 is 0 Å². The summed E-state index contributed by atoms with van der Waals surface area (Å²) in [7, 11) is 3.39. The van der Waals surface area contributed by atoms with Crippen LogP contribution in [0, 0.1) is 5.41 Å². The Morgan fingerprint density at radius 2 is 2.15 bits per heavy atom. The second kappa shape index (κ2) is 3.36. The summed E-state index contributed by atoms with van der Waals surface area (Å²) in [4.78, 5) is 12.6. The van der Waals surface area contributed by atoms with Crippen molar-refractivity contribution in [1.82, 2.24) is 10.3 Å². The van der Waals surface area contributed by atoms with Crippen LogP contribution in [0.25, 0.3) is 0 Å². The van der Waals surface area contributed by atoms with Gasteiger partial charge in [0.25, 0.3) is 0 Å². The van der Waals surface area contributed by atoms with Crippen LogP contribution >= 0.6 is 0 Å². The Labute approximate surface area is 79.0 Å². The molecule has 0 atom stereocenters. The maximum Gasteiger partial charge on any atom is 0.337 e. The molecule has 1 aliphatic carbocycles. The number of nitrogens with one attached hydrogen (secondary N) is 1. The minimum atomic E-state index is -0.171. The minimum Gasteiger partial charge on any atom is -0.329 e. The normalized spacial score (nSPS) is 22.3. The van der Waals surface area contributed by atoms with Crippen molar-refractivity contribution in [3.63, 3.8) is 0 Å². The molecule has 74 valence electrons. The van der Waals surface area contributed by atoms with Gasteiger partial charge in [-0.15, -0.1) is 0 Å². The van der Waals surface area contributed by atoms with E-state index >= 15 is 0 Å². The van der Waals surface area contributed by atoms with Crippen molar-refractivity contribution in [3.8, 4) is 0 Å². The second-order valence-electron chi connectivity index (χ2n) is 4.25. The van der Waals surface area contributed by atoms with Crippen LogP contribution in [0.1, 0.15) is 26.7 Å². The lowest BCUT2D eigenvalue weighted by atomic mass is 9.70. The van der Waals surface area contributed by atoms with Gasteiger partial charge < -0.3 is 4.90 Å². The van der Waals surface area contributed by atoms with E-state index in [4.69, 9.17) is 0 Å². The lowest BCUT2D eigenvalue weighted by Gasteiger charge is -2.36. The summed E-state index contributed by atoms with van der Waals surface area (Å²) in [6.45, 7) is 4.27. The zero-order valence-corrected chi connectivity index (χ0v) is 8.72. The predicted octanol–water partition coefficient (Wildman–Crippen LogP) is 1.43. The van der Waals surface area contributed by atoms with Crippen molar-refractivity contribution in [1.29, 1.82) is 0 Å². The van der Waals surface area contributed by atoms with E-state index in [2.05, 4.69) is 24.4 Å². The molecule has 13 heavy (non-hydrogen) atoms. The molecule has 0 spiro atoms. The fraction of sp³-hybridized carbons (Fsp3) is 0.778. The average molecular weight is 183 g/mol. The third-order valence-electron chi connectivity index (χ3n) is 2.46. The van der Waals surface area contributed by atoms with E-state index in [1.54, 1.807) is 14.1 Å². The van der Waals surface area contributed by atoms with Crippen LogP contribution in [-0.2, 0) is 0 Å². The predicted molar refractivity (Wildman–Crippen MR) is 52.7 cm³/mol. The maximum atomic E-state index is 11.1. The fourth-order valence-corrected chi connectivity index (χ4v) is 1.16. The van der Waals surface area contributed by atoms with Gasteiger partial charge in [0.15, 0.2) is 0 Å². The van der Waals surface area contributed by atoms with Crippen LogP contribution in [0.15, 0.2) is 5.10 Å². The van der Waals surface area contributed by atoms with Gasteiger partial charge in [-0.3, -0.25) is 0 Å². The fourth-order valence-electron chi connectivity index (χ4n) is 1.16. The number of amides is 2. The zero-order valence-electron chi connectivity index (χ0n) is 8.72. The van der Waals surface area contributed by atoms with Crippen LogP contribution in [0.3, 0.4) is 0 Å². The molecule has 0 aromatic heterocycles. The molecule has 4 nitrogen and oxygen atoms in total. The van der Waals surface area contributed by atoms with Crippen molar-refractivity contribution in [2.24, 2.45) is 10.5 Å². The molecule has 0 heterocycles. The molecular weight excluding hydrogens is 166 g/mol. The van der Waals surface area contributed by atoms with Crippen molar-refractivity contribution < 1.29 is 4.79 Å². The van der Waals surface area contributed by atoms with E-state index in [1.807, 2.05) is 0 Å². The van der Waals surface area contributed by atoms with Gasteiger partial charge in [0.05, 0.1) is 0 Å². The smallest absolute Gasteiger partial charge is 0.329 e. The Kier molecular flexibility index (Phi) is 2.59. The molecule has 0 saturated heterocycles. The summed E-state index contributed by atoms with van der Waals surface area (Å²) in [5.41, 5.74) is 3.78. The molecule has 2 amide bonds. The number of nitrogens with zero attached hydrogens (tertiary/aromatic N) is 2. The Bertz CT molecular complexity index is 243. The zero-order chi connectivity index (χ0) is 10.1. The van der Waals surface area contributed by atoms with Crippen LogP contribution in [0.2, 0.25) is 0 Å². The lowest BCUT2D eigenvalue weighted by Crippen LogP contribution is -2.39. The molecule has 0 aliphatic heterocycles. The van der Waals surface area contributed by atoms with E-state index in [0.717, 1.165) is 18.6 Å². The standard InChI is InChI=1S/C9H17N3O/c1-9(2)6-5-7(9)10-11-8(13)12(3)4/h5-6H2,1-4H3,(H,11,13)/b10-7-. The minimum absolute atomic E-state index is 0.171. The topological polar surface area (TPSA) is 44.7 Å². The highest BCUT2D eigenvalue weighted by Crippen LogP contribution is 2.36. The molecule has 1 fully saturated rings. The summed E-state index contributed by atoms with van der Waals surface area (Å²) >= 11 is 0. The molecule has 0 bridgehead atoms. The van der Waals surface area contributed by atoms with E-state index in [0.29, 0.717) is 0 Å². The Hall–Kier alpha value is -1.06. The number of hydrazone groups is 1. The molecule has 1 rings (SSSR count). The third-order valence-corrected chi connectivity index (χ3v) is 2.46. The average Bonchev–Trinajstić information content (AvgIpc) is 2.02. The van der Waals surface area contributed by atoms with Gasteiger partial charge in [-0.25, -0.2) is 10.2 Å².